The average Bonchev–Trinajstić information content (AvgIpc) is 3.26. The number of amides is 1. The lowest BCUT2D eigenvalue weighted by atomic mass is 10.0. The highest BCUT2D eigenvalue weighted by Gasteiger charge is 2.31. The largest absolute Gasteiger partial charge is 0.478 e. The molecule has 0 bridgehead atoms. The van der Waals surface area contributed by atoms with Crippen LogP contribution in [0.3, 0.4) is 0 Å². The highest BCUT2D eigenvalue weighted by Crippen LogP contribution is 2.26. The Hall–Kier alpha value is -3.99. The molecule has 1 heterocycles. The molecule has 0 saturated carbocycles. The minimum absolute atomic E-state index is 0.0122. The van der Waals surface area contributed by atoms with Gasteiger partial charge in [-0.05, 0) is 16.7 Å². The van der Waals surface area contributed by atoms with E-state index in [0.29, 0.717) is 18.8 Å². The molecule has 0 aromatic heterocycles. The molecule has 4 rings (SSSR count). The zero-order valence-corrected chi connectivity index (χ0v) is 16.9. The van der Waals surface area contributed by atoms with E-state index >= 15 is 0 Å². The fourth-order valence-electron chi connectivity index (χ4n) is 3.60. The summed E-state index contributed by atoms with van der Waals surface area (Å²) in [6.45, 7) is 0.725. The van der Waals surface area contributed by atoms with Gasteiger partial charge in [0.15, 0.2) is 0 Å². The topological polar surface area (TPSA) is 70.0 Å². The molecule has 0 aliphatic carbocycles. The van der Waals surface area contributed by atoms with Crippen LogP contribution in [0.5, 0.6) is 0 Å². The van der Waals surface area contributed by atoms with Crippen molar-refractivity contribution in [1.29, 1.82) is 0 Å². The first-order valence-electron chi connectivity index (χ1n) is 10.1. The van der Waals surface area contributed by atoms with Gasteiger partial charge in [-0.15, -0.1) is 0 Å². The van der Waals surface area contributed by atoms with Crippen LogP contribution in [0.4, 0.5) is 0 Å². The van der Waals surface area contributed by atoms with Gasteiger partial charge in [0.05, 0.1) is 11.3 Å². The summed E-state index contributed by atoms with van der Waals surface area (Å²) in [6, 6.07) is 28.7. The molecule has 31 heavy (non-hydrogen) atoms. The number of carboxylic acid groups (broad SMARTS) is 1. The number of aliphatic carboxylic acids is 1. The summed E-state index contributed by atoms with van der Waals surface area (Å²) in [6.07, 6.45) is 0.130. The van der Waals surface area contributed by atoms with Gasteiger partial charge < -0.3 is 10.0 Å². The molecule has 5 heteroatoms. The minimum Gasteiger partial charge on any atom is -0.478 e. The van der Waals surface area contributed by atoms with Crippen molar-refractivity contribution in [3.63, 3.8) is 0 Å². The molecule has 0 saturated heterocycles. The highest BCUT2D eigenvalue weighted by molar-refractivity contribution is 6.15. The molecule has 0 atom stereocenters. The molecule has 1 amide bonds. The molecular formula is C26H22N2O3. The van der Waals surface area contributed by atoms with Crippen LogP contribution in [-0.2, 0) is 22.7 Å². The molecule has 0 unspecified atom stereocenters. The number of carbonyl (C=O) groups excluding carboxylic acids is 1. The van der Waals surface area contributed by atoms with Gasteiger partial charge in [0.25, 0.3) is 5.91 Å². The van der Waals surface area contributed by atoms with Crippen molar-refractivity contribution in [3.8, 4) is 0 Å². The van der Waals surface area contributed by atoms with Crippen molar-refractivity contribution in [1.82, 2.24) is 4.90 Å². The summed E-state index contributed by atoms with van der Waals surface area (Å²) in [5.74, 6) is -1.49. The predicted molar refractivity (Wildman–Crippen MR) is 119 cm³/mol. The van der Waals surface area contributed by atoms with Crippen LogP contribution in [0.1, 0.15) is 23.1 Å². The van der Waals surface area contributed by atoms with Crippen LogP contribution >= 0.6 is 0 Å². The van der Waals surface area contributed by atoms with Crippen molar-refractivity contribution >= 4 is 17.6 Å². The Kier molecular flexibility index (Phi) is 6.03. The van der Waals surface area contributed by atoms with Gasteiger partial charge in [-0.1, -0.05) is 91.0 Å². The fourth-order valence-corrected chi connectivity index (χ4v) is 3.60. The zero-order chi connectivity index (χ0) is 21.6. The van der Waals surface area contributed by atoms with Crippen molar-refractivity contribution in [2.75, 3.05) is 0 Å². The van der Waals surface area contributed by atoms with Crippen molar-refractivity contribution in [2.45, 2.75) is 19.5 Å². The molecule has 1 N–H and O–H groups in total. The fraction of sp³-hybridized carbons (Fsp3) is 0.115. The number of benzene rings is 3. The summed E-state index contributed by atoms with van der Waals surface area (Å²) >= 11 is 0. The summed E-state index contributed by atoms with van der Waals surface area (Å²) < 4.78 is 0. The SMILES string of the molecule is O=C(O)C1=C(C(=O)N(Cc2ccccc2)Cc2ccccc2)N=C(c2ccccc2)C1. The van der Waals surface area contributed by atoms with E-state index in [1.165, 1.54) is 0 Å². The maximum atomic E-state index is 13.5. The van der Waals surface area contributed by atoms with Crippen LogP contribution in [0, 0.1) is 0 Å². The standard InChI is InChI=1S/C26H22N2O3/c29-25(24-22(26(30)31)16-23(27-24)21-14-8-3-9-15-21)28(17-19-10-4-1-5-11-19)18-20-12-6-2-7-13-20/h1-15H,16-18H2,(H,30,31). The number of carbonyl (C=O) groups is 2. The second kappa shape index (κ2) is 9.22. The lowest BCUT2D eigenvalue weighted by Gasteiger charge is -2.23. The van der Waals surface area contributed by atoms with Gasteiger partial charge in [0.2, 0.25) is 0 Å². The second-order valence-corrected chi connectivity index (χ2v) is 7.37. The van der Waals surface area contributed by atoms with Gasteiger partial charge in [-0.3, -0.25) is 4.79 Å². The van der Waals surface area contributed by atoms with E-state index in [4.69, 9.17) is 0 Å². The Morgan fingerprint density at radius 1 is 0.774 bits per heavy atom. The Bertz CT molecular complexity index is 1100. The first kappa shape index (κ1) is 20.3. The van der Waals surface area contributed by atoms with Crippen molar-refractivity contribution in [2.24, 2.45) is 4.99 Å². The van der Waals surface area contributed by atoms with Gasteiger partial charge in [0, 0.05) is 19.5 Å². The molecule has 1 aliphatic heterocycles. The summed E-state index contributed by atoms with van der Waals surface area (Å²) in [7, 11) is 0. The molecule has 154 valence electrons. The maximum absolute atomic E-state index is 13.5. The van der Waals surface area contributed by atoms with E-state index < -0.39 is 5.97 Å². The third-order valence-corrected chi connectivity index (χ3v) is 5.16. The average molecular weight is 410 g/mol. The Morgan fingerprint density at radius 3 is 1.74 bits per heavy atom. The quantitative estimate of drug-likeness (QED) is 0.626. The van der Waals surface area contributed by atoms with E-state index in [0.717, 1.165) is 16.7 Å². The number of aliphatic imine (C=N–C) groups is 1. The van der Waals surface area contributed by atoms with Gasteiger partial charge in [-0.2, -0.15) is 0 Å². The highest BCUT2D eigenvalue weighted by atomic mass is 16.4. The van der Waals surface area contributed by atoms with Crippen LogP contribution in [0.25, 0.3) is 0 Å². The number of hydrogen-bond donors (Lipinski definition) is 1. The lowest BCUT2D eigenvalue weighted by molar-refractivity contribution is -0.134. The monoisotopic (exact) mass is 410 g/mol. The first-order valence-corrected chi connectivity index (χ1v) is 10.1. The Morgan fingerprint density at radius 2 is 1.26 bits per heavy atom. The number of nitrogens with zero attached hydrogens (tertiary/aromatic N) is 2. The van der Waals surface area contributed by atoms with E-state index in [9.17, 15) is 14.7 Å². The normalized spacial score (nSPS) is 13.1. The smallest absolute Gasteiger partial charge is 0.334 e. The molecule has 0 radical (unpaired) electrons. The molecule has 0 fully saturated rings. The Balaban J connectivity index is 1.68. The first-order chi connectivity index (χ1) is 15.1. The predicted octanol–water partition coefficient (Wildman–Crippen LogP) is 4.45. The van der Waals surface area contributed by atoms with E-state index in [1.807, 2.05) is 91.0 Å². The molecule has 3 aromatic rings. The van der Waals surface area contributed by atoms with Crippen LogP contribution in [0.15, 0.2) is 107 Å². The van der Waals surface area contributed by atoms with Crippen LogP contribution in [0.2, 0.25) is 0 Å². The Labute approximate surface area is 181 Å². The van der Waals surface area contributed by atoms with E-state index in [2.05, 4.69) is 4.99 Å². The van der Waals surface area contributed by atoms with Crippen molar-refractivity contribution in [3.05, 3.63) is 119 Å². The van der Waals surface area contributed by atoms with E-state index in [1.54, 1.807) is 4.90 Å². The summed E-state index contributed by atoms with van der Waals surface area (Å²) in [5, 5.41) is 9.76. The van der Waals surface area contributed by atoms with Gasteiger partial charge in [-0.25, -0.2) is 9.79 Å². The summed E-state index contributed by atoms with van der Waals surface area (Å²) in [5.41, 5.74) is 3.40. The van der Waals surface area contributed by atoms with Crippen molar-refractivity contribution < 1.29 is 14.7 Å². The van der Waals surface area contributed by atoms with E-state index in [-0.39, 0.29) is 23.6 Å². The summed E-state index contributed by atoms with van der Waals surface area (Å²) in [4.78, 5) is 31.6. The maximum Gasteiger partial charge on any atom is 0.334 e. The van der Waals surface area contributed by atoms with Gasteiger partial charge >= 0.3 is 5.97 Å². The molecule has 1 aliphatic rings. The van der Waals surface area contributed by atoms with Gasteiger partial charge in [0.1, 0.15) is 5.70 Å². The molecule has 3 aromatic carbocycles. The number of hydrogen-bond acceptors (Lipinski definition) is 3. The second-order valence-electron chi connectivity index (χ2n) is 7.37. The van der Waals surface area contributed by atoms with Crippen LogP contribution in [-0.4, -0.2) is 27.6 Å². The minimum atomic E-state index is -1.11. The molecular weight excluding hydrogens is 388 g/mol. The number of rotatable bonds is 7. The molecule has 0 spiro atoms. The third kappa shape index (κ3) is 4.78. The number of carboxylic acids is 1. The zero-order valence-electron chi connectivity index (χ0n) is 16.9. The third-order valence-electron chi connectivity index (χ3n) is 5.16. The molecule has 5 nitrogen and oxygen atoms in total. The van der Waals surface area contributed by atoms with Crippen LogP contribution < -0.4 is 0 Å². The lowest BCUT2D eigenvalue weighted by Crippen LogP contribution is -2.31.